The fourth-order valence-electron chi connectivity index (χ4n) is 2.68. The Morgan fingerprint density at radius 1 is 0.963 bits per heavy atom. The van der Waals surface area contributed by atoms with E-state index in [1.165, 1.54) is 11.8 Å². The fourth-order valence-corrected chi connectivity index (χ4v) is 3.46. The summed E-state index contributed by atoms with van der Waals surface area (Å²) in [5.74, 6) is 1.28. The number of hydrogen-bond acceptors (Lipinski definition) is 6. The van der Waals surface area contributed by atoms with E-state index in [0.717, 1.165) is 22.6 Å². The maximum absolute atomic E-state index is 5.19. The lowest BCUT2D eigenvalue weighted by Gasteiger charge is -2.11. The molecule has 0 radical (unpaired) electrons. The van der Waals surface area contributed by atoms with E-state index in [0.29, 0.717) is 16.2 Å². The number of aryl methyl sites for hydroxylation is 1. The minimum Gasteiger partial charge on any atom is -0.481 e. The third-order valence-electron chi connectivity index (χ3n) is 3.92. The van der Waals surface area contributed by atoms with Crippen molar-refractivity contribution in [2.45, 2.75) is 17.2 Å². The van der Waals surface area contributed by atoms with E-state index in [2.05, 4.69) is 39.2 Å². The number of rotatable bonds is 5. The van der Waals surface area contributed by atoms with Crippen LogP contribution in [0.2, 0.25) is 0 Å². The number of ether oxygens (including phenoxy) is 1. The normalized spacial score (nSPS) is 10.7. The summed E-state index contributed by atoms with van der Waals surface area (Å²) in [5, 5.41) is 10.1. The van der Waals surface area contributed by atoms with Gasteiger partial charge in [0, 0.05) is 17.8 Å². The number of nitrogens with zero attached hydrogens (tertiary/aromatic N) is 5. The van der Waals surface area contributed by atoms with Crippen LogP contribution in [-0.4, -0.2) is 31.8 Å². The summed E-state index contributed by atoms with van der Waals surface area (Å²) in [6.45, 7) is 2.06. The van der Waals surface area contributed by atoms with E-state index >= 15 is 0 Å². The van der Waals surface area contributed by atoms with Crippen LogP contribution in [0.4, 0.5) is 0 Å². The van der Waals surface area contributed by atoms with E-state index in [1.54, 1.807) is 19.4 Å². The van der Waals surface area contributed by atoms with Gasteiger partial charge in [0.05, 0.1) is 12.8 Å². The zero-order chi connectivity index (χ0) is 18.6. The molecule has 0 aliphatic heterocycles. The van der Waals surface area contributed by atoms with Crippen LogP contribution in [0, 0.1) is 6.92 Å². The predicted molar refractivity (Wildman–Crippen MR) is 104 cm³/mol. The molecule has 0 atom stereocenters. The second-order valence-corrected chi connectivity index (χ2v) is 6.76. The molecule has 0 N–H and O–H groups in total. The molecular formula is C20H17N5OS. The average molecular weight is 375 g/mol. The van der Waals surface area contributed by atoms with Gasteiger partial charge < -0.3 is 4.74 Å². The topological polar surface area (TPSA) is 65.7 Å². The van der Waals surface area contributed by atoms with Crippen molar-refractivity contribution in [3.05, 3.63) is 72.4 Å². The Bertz CT molecular complexity index is 1060. The molecule has 2 aromatic heterocycles. The highest BCUT2D eigenvalue weighted by Crippen LogP contribution is 2.31. The number of methoxy groups -OCH3 is 1. The maximum Gasteiger partial charge on any atom is 0.217 e. The van der Waals surface area contributed by atoms with Crippen LogP contribution >= 0.6 is 11.8 Å². The van der Waals surface area contributed by atoms with Crippen molar-refractivity contribution in [2.75, 3.05) is 7.11 Å². The van der Waals surface area contributed by atoms with E-state index in [4.69, 9.17) is 4.74 Å². The molecule has 134 valence electrons. The first-order valence-corrected chi connectivity index (χ1v) is 9.19. The molecule has 0 bridgehead atoms. The Kier molecular flexibility index (Phi) is 4.84. The Balaban J connectivity index is 1.83. The van der Waals surface area contributed by atoms with Crippen LogP contribution < -0.4 is 4.74 Å². The largest absolute Gasteiger partial charge is 0.481 e. The summed E-state index contributed by atoms with van der Waals surface area (Å²) in [5.41, 5.74) is 3.14. The van der Waals surface area contributed by atoms with Gasteiger partial charge in [0.1, 0.15) is 0 Å². The van der Waals surface area contributed by atoms with Gasteiger partial charge >= 0.3 is 0 Å². The van der Waals surface area contributed by atoms with Gasteiger partial charge in [-0.3, -0.25) is 4.57 Å². The highest BCUT2D eigenvalue weighted by atomic mass is 32.2. The van der Waals surface area contributed by atoms with Crippen LogP contribution in [0.5, 0.6) is 5.88 Å². The highest BCUT2D eigenvalue weighted by molar-refractivity contribution is 7.99. The minimum atomic E-state index is 0.511. The van der Waals surface area contributed by atoms with E-state index < -0.39 is 0 Å². The molecular weight excluding hydrogens is 358 g/mol. The smallest absolute Gasteiger partial charge is 0.217 e. The second kappa shape index (κ2) is 7.59. The molecule has 0 saturated carbocycles. The third kappa shape index (κ3) is 3.68. The Morgan fingerprint density at radius 3 is 2.59 bits per heavy atom. The molecule has 0 fully saturated rings. The maximum atomic E-state index is 5.19. The lowest BCUT2D eigenvalue weighted by atomic mass is 10.2. The molecule has 4 aromatic rings. The lowest BCUT2D eigenvalue weighted by molar-refractivity contribution is 0.392. The summed E-state index contributed by atoms with van der Waals surface area (Å²) < 4.78 is 7.21. The molecule has 7 heteroatoms. The SMILES string of the molecule is COc1ccnc(Sc2nnc(-c3ccccc3)n2-c2cccc(C)c2)n1. The van der Waals surface area contributed by atoms with Gasteiger partial charge in [0.15, 0.2) is 11.0 Å². The van der Waals surface area contributed by atoms with Crippen LogP contribution in [-0.2, 0) is 0 Å². The zero-order valence-corrected chi connectivity index (χ0v) is 15.7. The van der Waals surface area contributed by atoms with Crippen LogP contribution in [0.15, 0.2) is 77.2 Å². The standard InChI is InChI=1S/C20H17N5OS/c1-14-7-6-10-16(13-14)25-18(15-8-4-3-5-9-15)23-24-20(25)27-19-21-12-11-17(22-19)26-2/h3-13H,1-2H3. The Labute approximate surface area is 161 Å². The Morgan fingerprint density at radius 2 is 1.81 bits per heavy atom. The number of hydrogen-bond donors (Lipinski definition) is 0. The van der Waals surface area contributed by atoms with Crippen molar-refractivity contribution in [3.63, 3.8) is 0 Å². The van der Waals surface area contributed by atoms with Gasteiger partial charge in [-0.25, -0.2) is 4.98 Å². The minimum absolute atomic E-state index is 0.511. The molecule has 4 rings (SSSR count). The molecule has 0 aliphatic rings. The van der Waals surface area contributed by atoms with E-state index in [1.807, 2.05) is 47.0 Å². The summed E-state index contributed by atoms with van der Waals surface area (Å²) in [7, 11) is 1.58. The average Bonchev–Trinajstić information content (AvgIpc) is 3.12. The van der Waals surface area contributed by atoms with Crippen molar-refractivity contribution >= 4 is 11.8 Å². The second-order valence-electron chi connectivity index (χ2n) is 5.83. The molecule has 27 heavy (non-hydrogen) atoms. The van der Waals surface area contributed by atoms with Gasteiger partial charge in [-0.15, -0.1) is 10.2 Å². The number of benzene rings is 2. The molecule has 0 saturated heterocycles. The van der Waals surface area contributed by atoms with Gasteiger partial charge in [-0.05, 0) is 36.4 Å². The van der Waals surface area contributed by atoms with Crippen LogP contribution in [0.25, 0.3) is 17.1 Å². The molecule has 2 heterocycles. The molecule has 0 amide bonds. The van der Waals surface area contributed by atoms with Crippen molar-refractivity contribution in [1.29, 1.82) is 0 Å². The first kappa shape index (κ1) is 17.2. The molecule has 6 nitrogen and oxygen atoms in total. The van der Waals surface area contributed by atoms with Crippen LogP contribution in [0.3, 0.4) is 0 Å². The predicted octanol–water partition coefficient (Wildman–Crippen LogP) is 4.19. The Hall–Kier alpha value is -3.19. The molecule has 0 aliphatic carbocycles. The van der Waals surface area contributed by atoms with Gasteiger partial charge in [0.2, 0.25) is 11.0 Å². The first-order valence-electron chi connectivity index (χ1n) is 8.37. The zero-order valence-electron chi connectivity index (χ0n) is 14.9. The van der Waals surface area contributed by atoms with Crippen LogP contribution in [0.1, 0.15) is 5.56 Å². The van der Waals surface area contributed by atoms with Gasteiger partial charge in [0.25, 0.3) is 0 Å². The summed E-state index contributed by atoms with van der Waals surface area (Å²) in [6, 6.07) is 19.9. The summed E-state index contributed by atoms with van der Waals surface area (Å²) in [4.78, 5) is 8.68. The molecule has 2 aromatic carbocycles. The van der Waals surface area contributed by atoms with Crippen molar-refractivity contribution < 1.29 is 4.74 Å². The lowest BCUT2D eigenvalue weighted by Crippen LogP contribution is -2.00. The monoisotopic (exact) mass is 375 g/mol. The highest BCUT2D eigenvalue weighted by Gasteiger charge is 2.18. The van der Waals surface area contributed by atoms with Crippen molar-refractivity contribution in [3.8, 4) is 23.0 Å². The van der Waals surface area contributed by atoms with Crippen molar-refractivity contribution in [1.82, 2.24) is 24.7 Å². The molecule has 0 unspecified atom stereocenters. The summed E-state index contributed by atoms with van der Waals surface area (Å²) in [6.07, 6.45) is 1.67. The third-order valence-corrected chi connectivity index (χ3v) is 4.75. The van der Waals surface area contributed by atoms with Crippen molar-refractivity contribution in [2.24, 2.45) is 0 Å². The van der Waals surface area contributed by atoms with Gasteiger partial charge in [-0.1, -0.05) is 42.5 Å². The molecule has 0 spiro atoms. The van der Waals surface area contributed by atoms with Gasteiger partial charge in [-0.2, -0.15) is 4.98 Å². The first-order chi connectivity index (χ1) is 13.2. The quantitative estimate of drug-likeness (QED) is 0.487. The summed E-state index contributed by atoms with van der Waals surface area (Å²) >= 11 is 1.35. The number of aromatic nitrogens is 5. The van der Waals surface area contributed by atoms with E-state index in [-0.39, 0.29) is 0 Å². The fraction of sp³-hybridized carbons (Fsp3) is 0.100. The van der Waals surface area contributed by atoms with E-state index in [9.17, 15) is 0 Å².